The first-order valence-electron chi connectivity index (χ1n) is 5.00. The molecule has 3 nitrogen and oxygen atoms in total. The van der Waals surface area contributed by atoms with Crippen molar-refractivity contribution in [3.05, 3.63) is 17.0 Å². The largest absolute Gasteiger partial charge is 0.435 e. The molecule has 0 saturated heterocycles. The molecule has 0 bridgehead atoms. The van der Waals surface area contributed by atoms with Gasteiger partial charge >= 0.3 is 6.18 Å². The lowest BCUT2D eigenvalue weighted by molar-refractivity contribution is -0.142. The molecule has 2 rings (SSSR count). The third-order valence-corrected chi connectivity index (χ3v) is 2.61. The number of rotatable bonds is 1. The number of alkyl halides is 3. The van der Waals surface area contributed by atoms with Crippen molar-refractivity contribution in [2.75, 3.05) is 0 Å². The van der Waals surface area contributed by atoms with Gasteiger partial charge in [0.1, 0.15) is 5.78 Å². The molecular formula is C10H11F3N2O. The van der Waals surface area contributed by atoms with E-state index in [1.807, 2.05) is 0 Å². The van der Waals surface area contributed by atoms with Crippen molar-refractivity contribution < 1.29 is 18.0 Å². The normalized spacial score (nSPS) is 16.0. The maximum absolute atomic E-state index is 12.7. The molecule has 0 aromatic carbocycles. The number of Topliss-reactive ketones (excluding diaryl/α,β-unsaturated/α-hetero) is 1. The SMILES string of the molecule is CC(C)n1nc(C(F)(F)F)c2c1CC(=O)C2. The molecule has 0 unspecified atom stereocenters. The molecule has 0 saturated carbocycles. The van der Waals surface area contributed by atoms with E-state index in [1.54, 1.807) is 13.8 Å². The predicted molar refractivity (Wildman–Crippen MR) is 50.0 cm³/mol. The molecule has 0 amide bonds. The Morgan fingerprint density at radius 1 is 1.31 bits per heavy atom. The second-order valence-corrected chi connectivity index (χ2v) is 4.20. The minimum Gasteiger partial charge on any atom is -0.299 e. The van der Waals surface area contributed by atoms with Gasteiger partial charge in [0.25, 0.3) is 0 Å². The van der Waals surface area contributed by atoms with Crippen molar-refractivity contribution in [2.24, 2.45) is 0 Å². The van der Waals surface area contributed by atoms with Gasteiger partial charge in [-0.2, -0.15) is 18.3 Å². The van der Waals surface area contributed by atoms with Gasteiger partial charge < -0.3 is 0 Å². The number of halogens is 3. The van der Waals surface area contributed by atoms with Gasteiger partial charge in [-0.25, -0.2) is 0 Å². The van der Waals surface area contributed by atoms with Gasteiger partial charge in [-0.3, -0.25) is 9.48 Å². The second kappa shape index (κ2) is 3.33. The van der Waals surface area contributed by atoms with Crippen molar-refractivity contribution in [1.29, 1.82) is 0 Å². The Kier molecular flexibility index (Phi) is 2.32. The number of carbonyl (C=O) groups excluding carboxylic acids is 1. The number of nitrogens with zero attached hydrogens (tertiary/aromatic N) is 2. The van der Waals surface area contributed by atoms with Gasteiger partial charge in [0.05, 0.1) is 5.69 Å². The van der Waals surface area contributed by atoms with Crippen LogP contribution in [-0.2, 0) is 23.8 Å². The quantitative estimate of drug-likeness (QED) is 0.743. The summed E-state index contributed by atoms with van der Waals surface area (Å²) >= 11 is 0. The van der Waals surface area contributed by atoms with Crippen LogP contribution in [0.5, 0.6) is 0 Å². The van der Waals surface area contributed by atoms with Crippen LogP contribution < -0.4 is 0 Å². The summed E-state index contributed by atoms with van der Waals surface area (Å²) in [7, 11) is 0. The average Bonchev–Trinajstić information content (AvgIpc) is 2.57. The van der Waals surface area contributed by atoms with Crippen molar-refractivity contribution in [1.82, 2.24) is 9.78 Å². The molecule has 1 aliphatic carbocycles. The number of aromatic nitrogens is 2. The lowest BCUT2D eigenvalue weighted by Gasteiger charge is -2.08. The number of carbonyl (C=O) groups is 1. The highest BCUT2D eigenvalue weighted by atomic mass is 19.4. The van der Waals surface area contributed by atoms with E-state index >= 15 is 0 Å². The maximum atomic E-state index is 12.7. The summed E-state index contributed by atoms with van der Waals surface area (Å²) in [5.74, 6) is -0.174. The van der Waals surface area contributed by atoms with E-state index in [-0.39, 0.29) is 30.2 Å². The van der Waals surface area contributed by atoms with Crippen molar-refractivity contribution in [3.8, 4) is 0 Å². The monoisotopic (exact) mass is 232 g/mol. The fourth-order valence-electron chi connectivity index (χ4n) is 1.98. The second-order valence-electron chi connectivity index (χ2n) is 4.20. The number of hydrogen-bond acceptors (Lipinski definition) is 2. The number of ketones is 1. The molecule has 1 heterocycles. The fourth-order valence-corrected chi connectivity index (χ4v) is 1.98. The van der Waals surface area contributed by atoms with E-state index in [0.29, 0.717) is 5.69 Å². The highest BCUT2D eigenvalue weighted by Gasteiger charge is 2.42. The van der Waals surface area contributed by atoms with Crippen molar-refractivity contribution in [3.63, 3.8) is 0 Å². The van der Waals surface area contributed by atoms with Gasteiger partial charge in [-0.15, -0.1) is 0 Å². The first-order chi connectivity index (χ1) is 7.30. The molecule has 0 radical (unpaired) electrons. The lowest BCUT2D eigenvalue weighted by Crippen LogP contribution is -2.13. The lowest BCUT2D eigenvalue weighted by atomic mass is 10.2. The predicted octanol–water partition coefficient (Wildman–Crippen LogP) is 2.15. The molecular weight excluding hydrogens is 221 g/mol. The highest BCUT2D eigenvalue weighted by molar-refractivity contribution is 5.87. The highest BCUT2D eigenvalue weighted by Crippen LogP contribution is 2.36. The van der Waals surface area contributed by atoms with E-state index < -0.39 is 11.9 Å². The third kappa shape index (κ3) is 1.62. The number of fused-ring (bicyclic) bond motifs is 1. The molecule has 6 heteroatoms. The smallest absolute Gasteiger partial charge is 0.299 e. The van der Waals surface area contributed by atoms with E-state index in [9.17, 15) is 18.0 Å². The molecule has 16 heavy (non-hydrogen) atoms. The van der Waals surface area contributed by atoms with Crippen LogP contribution in [0.2, 0.25) is 0 Å². The molecule has 88 valence electrons. The Hall–Kier alpha value is -1.33. The van der Waals surface area contributed by atoms with Gasteiger partial charge in [-0.05, 0) is 13.8 Å². The van der Waals surface area contributed by atoms with Crippen LogP contribution in [0.4, 0.5) is 13.2 Å². The van der Waals surface area contributed by atoms with Crippen molar-refractivity contribution in [2.45, 2.75) is 38.9 Å². The Labute approximate surface area is 90.2 Å². The fraction of sp³-hybridized carbons (Fsp3) is 0.600. The van der Waals surface area contributed by atoms with E-state index in [2.05, 4.69) is 5.10 Å². The first-order valence-corrected chi connectivity index (χ1v) is 5.00. The van der Waals surface area contributed by atoms with Crippen LogP contribution in [0, 0.1) is 0 Å². The van der Waals surface area contributed by atoms with Gasteiger partial charge in [-0.1, -0.05) is 0 Å². The molecule has 0 spiro atoms. The van der Waals surface area contributed by atoms with Crippen LogP contribution in [0.15, 0.2) is 0 Å². The van der Waals surface area contributed by atoms with Gasteiger partial charge in [0.15, 0.2) is 5.69 Å². The Bertz CT molecular complexity index is 446. The first kappa shape index (κ1) is 11.2. The number of hydrogen-bond donors (Lipinski definition) is 0. The maximum Gasteiger partial charge on any atom is 0.435 e. The summed E-state index contributed by atoms with van der Waals surface area (Å²) in [5.41, 5.74) is -0.416. The van der Waals surface area contributed by atoms with Crippen LogP contribution in [0.3, 0.4) is 0 Å². The minimum absolute atomic E-state index is 0.0613. The van der Waals surface area contributed by atoms with E-state index in [4.69, 9.17) is 0 Å². The zero-order valence-corrected chi connectivity index (χ0v) is 8.93. The Morgan fingerprint density at radius 2 is 1.94 bits per heavy atom. The molecule has 0 fully saturated rings. The molecule has 0 aliphatic heterocycles. The summed E-state index contributed by atoms with van der Waals surface area (Å²) in [6.07, 6.45) is -4.55. The summed E-state index contributed by atoms with van der Waals surface area (Å²) in [4.78, 5) is 11.2. The van der Waals surface area contributed by atoms with Crippen LogP contribution in [-0.4, -0.2) is 15.6 Å². The van der Waals surface area contributed by atoms with Gasteiger partial charge in [0.2, 0.25) is 0 Å². The minimum atomic E-state index is -4.48. The van der Waals surface area contributed by atoms with Crippen LogP contribution in [0.25, 0.3) is 0 Å². The van der Waals surface area contributed by atoms with Crippen LogP contribution in [0.1, 0.15) is 36.8 Å². The summed E-state index contributed by atoms with van der Waals surface area (Å²) in [6.45, 7) is 3.49. The summed E-state index contributed by atoms with van der Waals surface area (Å²) in [5, 5.41) is 3.58. The summed E-state index contributed by atoms with van der Waals surface area (Å²) in [6, 6.07) is -0.171. The standard InChI is InChI=1S/C10H11F3N2O/c1-5(2)15-8-4-6(16)3-7(8)9(14-15)10(11,12)13/h5H,3-4H2,1-2H3. The zero-order chi connectivity index (χ0) is 12.1. The molecule has 0 N–H and O–H groups in total. The van der Waals surface area contributed by atoms with E-state index in [0.717, 1.165) is 0 Å². The van der Waals surface area contributed by atoms with Crippen LogP contribution >= 0.6 is 0 Å². The van der Waals surface area contributed by atoms with Crippen molar-refractivity contribution >= 4 is 5.78 Å². The zero-order valence-electron chi connectivity index (χ0n) is 8.93. The van der Waals surface area contributed by atoms with Gasteiger partial charge in [0, 0.05) is 24.4 Å². The molecule has 1 aromatic rings. The topological polar surface area (TPSA) is 34.9 Å². The summed E-state index contributed by atoms with van der Waals surface area (Å²) < 4.78 is 39.3. The van der Waals surface area contributed by atoms with E-state index in [1.165, 1.54) is 4.68 Å². The Balaban J connectivity index is 2.58. The molecule has 0 atom stereocenters. The molecule has 1 aliphatic rings. The average molecular weight is 232 g/mol. The third-order valence-electron chi connectivity index (χ3n) is 2.61. The molecule has 1 aromatic heterocycles. The Morgan fingerprint density at radius 3 is 2.44 bits per heavy atom.